The molecule has 0 aliphatic carbocycles. The van der Waals surface area contributed by atoms with E-state index in [0.29, 0.717) is 17.2 Å². The van der Waals surface area contributed by atoms with Crippen LogP contribution in [0.2, 0.25) is 0 Å². The number of nitro groups is 1. The molecule has 0 bridgehead atoms. The molecule has 7 heteroatoms. The third kappa shape index (κ3) is 3.96. The zero-order valence-corrected chi connectivity index (χ0v) is 11.8. The van der Waals surface area contributed by atoms with Crippen LogP contribution in [0.1, 0.15) is 29.9 Å². The lowest BCUT2D eigenvalue weighted by atomic mass is 10.0. The molecular weight excluding hydrogens is 276 g/mol. The average Bonchev–Trinajstić information content (AvgIpc) is 2.77. The second-order valence-electron chi connectivity index (χ2n) is 4.20. The van der Waals surface area contributed by atoms with Crippen LogP contribution < -0.4 is 5.32 Å². The highest BCUT2D eigenvalue weighted by molar-refractivity contribution is 7.17. The number of amides is 1. The SMILES string of the molecule is CC(C)C(CCCl)NC(=O)c1ccc([N+](=O)[O-])s1. The summed E-state index contributed by atoms with van der Waals surface area (Å²) in [5.74, 6) is 0.452. The van der Waals surface area contributed by atoms with E-state index < -0.39 is 4.92 Å². The quantitative estimate of drug-likeness (QED) is 0.497. The van der Waals surface area contributed by atoms with Crippen molar-refractivity contribution in [2.24, 2.45) is 5.92 Å². The summed E-state index contributed by atoms with van der Waals surface area (Å²) in [4.78, 5) is 22.3. The molecule has 1 atom stereocenters. The largest absolute Gasteiger partial charge is 0.348 e. The lowest BCUT2D eigenvalue weighted by Gasteiger charge is -2.20. The molecule has 5 nitrogen and oxygen atoms in total. The van der Waals surface area contributed by atoms with E-state index in [1.54, 1.807) is 0 Å². The number of hydrogen-bond acceptors (Lipinski definition) is 4. The summed E-state index contributed by atoms with van der Waals surface area (Å²) in [5, 5.41) is 13.4. The highest BCUT2D eigenvalue weighted by atomic mass is 35.5. The first-order chi connectivity index (χ1) is 8.45. The Labute approximate surface area is 114 Å². The molecule has 1 rings (SSSR count). The van der Waals surface area contributed by atoms with Crippen LogP contribution in [0, 0.1) is 16.0 Å². The standard InChI is InChI=1S/C11H15ClN2O3S/c1-7(2)8(5-6-12)13-11(15)9-3-4-10(18-9)14(16)17/h3-4,7-8H,5-6H2,1-2H3,(H,13,15). The number of nitrogens with one attached hydrogen (secondary N) is 1. The average molecular weight is 291 g/mol. The first kappa shape index (κ1) is 14.9. The molecule has 0 aliphatic rings. The van der Waals surface area contributed by atoms with Gasteiger partial charge in [0.2, 0.25) is 0 Å². The maximum Gasteiger partial charge on any atom is 0.324 e. The van der Waals surface area contributed by atoms with Gasteiger partial charge in [-0.05, 0) is 18.4 Å². The van der Waals surface area contributed by atoms with E-state index in [0.717, 1.165) is 11.3 Å². The van der Waals surface area contributed by atoms with Crippen molar-refractivity contribution in [3.05, 3.63) is 27.1 Å². The second kappa shape index (κ2) is 6.70. The summed E-state index contributed by atoms with van der Waals surface area (Å²) in [7, 11) is 0. The summed E-state index contributed by atoms with van der Waals surface area (Å²) < 4.78 is 0. The minimum atomic E-state index is -0.500. The van der Waals surface area contributed by atoms with Gasteiger partial charge in [0.15, 0.2) is 0 Å². The van der Waals surface area contributed by atoms with Gasteiger partial charge < -0.3 is 5.32 Å². The molecule has 1 unspecified atom stereocenters. The fourth-order valence-corrected chi connectivity index (χ4v) is 2.44. The molecule has 1 aromatic rings. The maximum absolute atomic E-state index is 11.9. The molecule has 0 radical (unpaired) electrons. The zero-order chi connectivity index (χ0) is 13.7. The number of alkyl halides is 1. The van der Waals surface area contributed by atoms with Gasteiger partial charge in [0.1, 0.15) is 0 Å². The van der Waals surface area contributed by atoms with Crippen LogP contribution in [-0.2, 0) is 0 Å². The molecule has 0 fully saturated rings. The summed E-state index contributed by atoms with van der Waals surface area (Å²) in [6.45, 7) is 3.99. The van der Waals surface area contributed by atoms with E-state index in [-0.39, 0.29) is 22.9 Å². The van der Waals surface area contributed by atoms with Crippen LogP contribution in [-0.4, -0.2) is 22.8 Å². The third-order valence-corrected chi connectivity index (χ3v) is 3.79. The highest BCUT2D eigenvalue weighted by Crippen LogP contribution is 2.24. The van der Waals surface area contributed by atoms with Crippen LogP contribution >= 0.6 is 22.9 Å². The van der Waals surface area contributed by atoms with Gasteiger partial charge >= 0.3 is 5.00 Å². The summed E-state index contributed by atoms with van der Waals surface area (Å²) in [5.41, 5.74) is 0. The Morgan fingerprint density at radius 2 is 2.22 bits per heavy atom. The Balaban J connectivity index is 2.71. The third-order valence-electron chi connectivity index (χ3n) is 2.54. The van der Waals surface area contributed by atoms with Gasteiger partial charge in [0.05, 0.1) is 9.80 Å². The maximum atomic E-state index is 11.9. The Hall–Kier alpha value is -1.14. The van der Waals surface area contributed by atoms with E-state index in [1.165, 1.54) is 12.1 Å². The summed E-state index contributed by atoms with van der Waals surface area (Å²) in [6.07, 6.45) is 0.679. The van der Waals surface area contributed by atoms with Crippen molar-refractivity contribution < 1.29 is 9.72 Å². The molecule has 0 spiro atoms. The van der Waals surface area contributed by atoms with Crippen molar-refractivity contribution in [2.75, 3.05) is 5.88 Å². The normalized spacial score (nSPS) is 12.4. The smallest absolute Gasteiger partial charge is 0.324 e. The number of thiophene rings is 1. The first-order valence-corrected chi connectivity index (χ1v) is 6.92. The highest BCUT2D eigenvalue weighted by Gasteiger charge is 2.19. The van der Waals surface area contributed by atoms with Crippen LogP contribution in [0.4, 0.5) is 5.00 Å². The van der Waals surface area contributed by atoms with Gasteiger partial charge in [-0.1, -0.05) is 25.2 Å². The van der Waals surface area contributed by atoms with Crippen LogP contribution in [0.5, 0.6) is 0 Å². The van der Waals surface area contributed by atoms with E-state index in [9.17, 15) is 14.9 Å². The zero-order valence-electron chi connectivity index (χ0n) is 10.2. The van der Waals surface area contributed by atoms with Crippen molar-refractivity contribution in [1.29, 1.82) is 0 Å². The molecule has 18 heavy (non-hydrogen) atoms. The Bertz CT molecular complexity index is 434. The lowest BCUT2D eigenvalue weighted by Crippen LogP contribution is -2.38. The predicted molar refractivity (Wildman–Crippen MR) is 72.4 cm³/mol. The molecule has 1 amide bonds. The van der Waals surface area contributed by atoms with Crippen LogP contribution in [0.3, 0.4) is 0 Å². The molecule has 1 aromatic heterocycles. The van der Waals surface area contributed by atoms with Crippen molar-refractivity contribution >= 4 is 33.8 Å². The predicted octanol–water partition coefficient (Wildman–Crippen LogP) is 3.04. The lowest BCUT2D eigenvalue weighted by molar-refractivity contribution is -0.380. The Morgan fingerprint density at radius 3 is 2.67 bits per heavy atom. The molecule has 0 aliphatic heterocycles. The van der Waals surface area contributed by atoms with Gasteiger partial charge in [0.25, 0.3) is 5.91 Å². The first-order valence-electron chi connectivity index (χ1n) is 5.56. The van der Waals surface area contributed by atoms with E-state index in [4.69, 9.17) is 11.6 Å². The fourth-order valence-electron chi connectivity index (χ4n) is 1.48. The molecule has 0 saturated heterocycles. The molecule has 0 aromatic carbocycles. The monoisotopic (exact) mass is 290 g/mol. The van der Waals surface area contributed by atoms with Crippen molar-refractivity contribution in [2.45, 2.75) is 26.3 Å². The van der Waals surface area contributed by atoms with Crippen LogP contribution in [0.15, 0.2) is 12.1 Å². The van der Waals surface area contributed by atoms with Gasteiger partial charge in [-0.15, -0.1) is 11.6 Å². The number of halogens is 1. The van der Waals surface area contributed by atoms with Gasteiger partial charge in [0, 0.05) is 18.0 Å². The molecule has 1 N–H and O–H groups in total. The Kier molecular flexibility index (Phi) is 5.55. The van der Waals surface area contributed by atoms with Gasteiger partial charge in [-0.3, -0.25) is 14.9 Å². The van der Waals surface area contributed by atoms with Gasteiger partial charge in [-0.2, -0.15) is 0 Å². The van der Waals surface area contributed by atoms with E-state index >= 15 is 0 Å². The van der Waals surface area contributed by atoms with E-state index in [1.807, 2.05) is 13.8 Å². The van der Waals surface area contributed by atoms with Crippen molar-refractivity contribution in [3.8, 4) is 0 Å². The fraction of sp³-hybridized carbons (Fsp3) is 0.545. The van der Waals surface area contributed by atoms with Crippen molar-refractivity contribution in [1.82, 2.24) is 5.32 Å². The minimum Gasteiger partial charge on any atom is -0.348 e. The number of nitrogens with zero attached hydrogens (tertiary/aromatic N) is 1. The minimum absolute atomic E-state index is 0.0174. The number of rotatable bonds is 6. The Morgan fingerprint density at radius 1 is 1.56 bits per heavy atom. The molecule has 100 valence electrons. The summed E-state index contributed by atoms with van der Waals surface area (Å²) in [6, 6.07) is 2.79. The topological polar surface area (TPSA) is 72.2 Å². The summed E-state index contributed by atoms with van der Waals surface area (Å²) >= 11 is 6.55. The van der Waals surface area contributed by atoms with Gasteiger partial charge in [-0.25, -0.2) is 0 Å². The van der Waals surface area contributed by atoms with E-state index in [2.05, 4.69) is 5.32 Å². The second-order valence-corrected chi connectivity index (χ2v) is 5.64. The molecular formula is C11H15ClN2O3S. The molecule has 0 saturated carbocycles. The molecule has 1 heterocycles. The number of hydrogen-bond donors (Lipinski definition) is 1. The number of carbonyl (C=O) groups excluding carboxylic acids is 1. The van der Waals surface area contributed by atoms with Crippen LogP contribution in [0.25, 0.3) is 0 Å². The number of carbonyl (C=O) groups is 1. The van der Waals surface area contributed by atoms with Crippen molar-refractivity contribution in [3.63, 3.8) is 0 Å².